The van der Waals surface area contributed by atoms with Gasteiger partial charge in [0.2, 0.25) is 0 Å². The van der Waals surface area contributed by atoms with Gasteiger partial charge in [-0.3, -0.25) is 5.32 Å². The van der Waals surface area contributed by atoms with E-state index in [9.17, 15) is 4.79 Å². The average molecular weight is 288 g/mol. The highest BCUT2D eigenvalue weighted by atomic mass is 35.5. The van der Waals surface area contributed by atoms with Gasteiger partial charge in [-0.05, 0) is 43.5 Å². The molecule has 2 rings (SSSR count). The number of ether oxygens (including phenoxy) is 1. The molecule has 3 nitrogen and oxygen atoms in total. The lowest BCUT2D eigenvalue weighted by molar-refractivity contribution is -0.145. The molecule has 1 fully saturated rings. The summed E-state index contributed by atoms with van der Waals surface area (Å²) in [4.78, 5) is 12.0. The zero-order chi connectivity index (χ0) is 13.1. The highest BCUT2D eigenvalue weighted by molar-refractivity contribution is 6.34. The average Bonchev–Trinajstić information content (AvgIpc) is 3.08. The molecule has 1 saturated carbocycles. The van der Waals surface area contributed by atoms with Crippen LogP contribution in [0, 0.1) is 0 Å². The molecule has 0 spiro atoms. The van der Waals surface area contributed by atoms with Gasteiger partial charge < -0.3 is 4.74 Å². The number of rotatable bonds is 5. The van der Waals surface area contributed by atoms with Gasteiger partial charge in [-0.2, -0.15) is 0 Å². The summed E-state index contributed by atoms with van der Waals surface area (Å²) in [7, 11) is 0. The van der Waals surface area contributed by atoms with E-state index in [0.717, 1.165) is 18.4 Å². The summed E-state index contributed by atoms with van der Waals surface area (Å²) in [5.41, 5.74) is 0.748. The zero-order valence-electron chi connectivity index (χ0n) is 10.1. The third-order valence-corrected chi connectivity index (χ3v) is 3.16. The minimum absolute atomic E-state index is 0.289. The summed E-state index contributed by atoms with van der Waals surface area (Å²) in [6, 6.07) is 5.02. The first-order valence-electron chi connectivity index (χ1n) is 5.99. The Hall–Kier alpha value is -0.770. The van der Waals surface area contributed by atoms with Crippen molar-refractivity contribution < 1.29 is 9.53 Å². The first-order chi connectivity index (χ1) is 8.60. The second kappa shape index (κ2) is 5.91. The van der Waals surface area contributed by atoms with Gasteiger partial charge in [-0.1, -0.05) is 23.2 Å². The van der Waals surface area contributed by atoms with Gasteiger partial charge >= 0.3 is 5.97 Å². The lowest BCUT2D eigenvalue weighted by Gasteiger charge is -2.18. The predicted octanol–water partition coefficient (Wildman–Crippen LogP) is 3.35. The molecule has 1 N–H and O–H groups in total. The number of hydrogen-bond acceptors (Lipinski definition) is 3. The number of esters is 1. The lowest BCUT2D eigenvalue weighted by atomic mass is 10.1. The molecule has 0 aromatic heterocycles. The van der Waals surface area contributed by atoms with E-state index >= 15 is 0 Å². The van der Waals surface area contributed by atoms with Gasteiger partial charge in [0.05, 0.1) is 6.61 Å². The Balaban J connectivity index is 2.22. The smallest absolute Gasteiger partial charge is 0.327 e. The van der Waals surface area contributed by atoms with Crippen molar-refractivity contribution in [2.75, 3.05) is 6.61 Å². The molecule has 5 heteroatoms. The Morgan fingerprint density at radius 2 is 2.00 bits per heavy atom. The van der Waals surface area contributed by atoms with Gasteiger partial charge in [0.1, 0.15) is 6.04 Å². The molecular weight excluding hydrogens is 273 g/mol. The summed E-state index contributed by atoms with van der Waals surface area (Å²) in [6.07, 6.45) is 2.18. The number of halogens is 2. The van der Waals surface area contributed by atoms with Crippen molar-refractivity contribution in [3.05, 3.63) is 33.8 Å². The zero-order valence-corrected chi connectivity index (χ0v) is 11.6. The van der Waals surface area contributed by atoms with E-state index in [-0.39, 0.29) is 5.97 Å². The molecule has 1 atom stereocenters. The van der Waals surface area contributed by atoms with Crippen LogP contribution in [-0.4, -0.2) is 18.6 Å². The first kappa shape index (κ1) is 13.7. The van der Waals surface area contributed by atoms with Gasteiger partial charge in [-0.25, -0.2) is 4.79 Å². The Morgan fingerprint density at radius 3 is 2.50 bits per heavy atom. The van der Waals surface area contributed by atoms with Crippen molar-refractivity contribution in [3.8, 4) is 0 Å². The molecule has 1 unspecified atom stereocenters. The molecule has 0 heterocycles. The SMILES string of the molecule is CCOC(=O)C(NC1CC1)c1cc(Cl)cc(Cl)c1. The van der Waals surface area contributed by atoms with Gasteiger partial charge in [0.15, 0.2) is 0 Å². The summed E-state index contributed by atoms with van der Waals surface area (Å²) < 4.78 is 5.08. The van der Waals surface area contributed by atoms with Crippen LogP contribution < -0.4 is 5.32 Å². The summed E-state index contributed by atoms with van der Waals surface area (Å²) >= 11 is 11.9. The van der Waals surface area contributed by atoms with Crippen LogP contribution in [-0.2, 0) is 9.53 Å². The largest absolute Gasteiger partial charge is 0.465 e. The van der Waals surface area contributed by atoms with E-state index in [0.29, 0.717) is 22.7 Å². The monoisotopic (exact) mass is 287 g/mol. The normalized spacial score (nSPS) is 16.4. The van der Waals surface area contributed by atoms with Crippen LogP contribution in [0.1, 0.15) is 31.4 Å². The maximum atomic E-state index is 12.0. The van der Waals surface area contributed by atoms with E-state index in [2.05, 4.69) is 5.32 Å². The van der Waals surface area contributed by atoms with Crippen molar-refractivity contribution in [1.29, 1.82) is 0 Å². The molecule has 0 bridgehead atoms. The predicted molar refractivity (Wildman–Crippen MR) is 72.0 cm³/mol. The fourth-order valence-corrected chi connectivity index (χ4v) is 2.30. The van der Waals surface area contributed by atoms with Gasteiger partial charge in [0, 0.05) is 16.1 Å². The molecule has 0 radical (unpaired) electrons. The Labute approximate surface area is 116 Å². The summed E-state index contributed by atoms with van der Waals surface area (Å²) in [5, 5.41) is 4.29. The molecule has 0 amide bonds. The third-order valence-electron chi connectivity index (χ3n) is 2.72. The quantitative estimate of drug-likeness (QED) is 0.844. The molecule has 18 heavy (non-hydrogen) atoms. The molecule has 0 saturated heterocycles. The van der Waals surface area contributed by atoms with Gasteiger partial charge in [-0.15, -0.1) is 0 Å². The van der Waals surface area contributed by atoms with Crippen molar-refractivity contribution in [3.63, 3.8) is 0 Å². The summed E-state index contributed by atoms with van der Waals surface area (Å²) in [6.45, 7) is 2.15. The fourth-order valence-electron chi connectivity index (χ4n) is 1.75. The number of benzene rings is 1. The maximum Gasteiger partial charge on any atom is 0.327 e. The van der Waals surface area contributed by atoms with Crippen LogP contribution in [0.2, 0.25) is 10.0 Å². The second-order valence-electron chi connectivity index (χ2n) is 4.33. The number of carbonyl (C=O) groups is 1. The number of carbonyl (C=O) groups excluding carboxylic acids is 1. The van der Waals surface area contributed by atoms with Crippen molar-refractivity contribution in [2.24, 2.45) is 0 Å². The standard InChI is InChI=1S/C13H15Cl2NO2/c1-2-18-13(17)12(16-11-3-4-11)8-5-9(14)7-10(15)6-8/h5-7,11-12,16H,2-4H2,1H3. The van der Waals surface area contributed by atoms with Crippen LogP contribution in [0.4, 0.5) is 0 Å². The molecule has 0 aliphatic heterocycles. The van der Waals surface area contributed by atoms with Crippen LogP contribution >= 0.6 is 23.2 Å². The highest BCUT2D eigenvalue weighted by Crippen LogP contribution is 2.28. The van der Waals surface area contributed by atoms with Crippen LogP contribution in [0.25, 0.3) is 0 Å². The molecule has 1 aliphatic carbocycles. The minimum Gasteiger partial charge on any atom is -0.465 e. The maximum absolute atomic E-state index is 12.0. The topological polar surface area (TPSA) is 38.3 Å². The fraction of sp³-hybridized carbons (Fsp3) is 0.462. The van der Waals surface area contributed by atoms with Crippen molar-refractivity contribution in [2.45, 2.75) is 31.8 Å². The van der Waals surface area contributed by atoms with Crippen molar-refractivity contribution in [1.82, 2.24) is 5.32 Å². The lowest BCUT2D eigenvalue weighted by Crippen LogP contribution is -2.31. The van der Waals surface area contributed by atoms with Crippen LogP contribution in [0.3, 0.4) is 0 Å². The Bertz CT molecular complexity index is 426. The number of hydrogen-bond donors (Lipinski definition) is 1. The minimum atomic E-state index is -0.492. The van der Waals surface area contributed by atoms with E-state index < -0.39 is 6.04 Å². The van der Waals surface area contributed by atoms with E-state index in [1.54, 1.807) is 25.1 Å². The van der Waals surface area contributed by atoms with Crippen LogP contribution in [0.5, 0.6) is 0 Å². The molecule has 1 aliphatic rings. The second-order valence-corrected chi connectivity index (χ2v) is 5.20. The van der Waals surface area contributed by atoms with Gasteiger partial charge in [0.25, 0.3) is 0 Å². The molecule has 1 aromatic rings. The number of nitrogens with one attached hydrogen (secondary N) is 1. The third kappa shape index (κ3) is 3.61. The summed E-state index contributed by atoms with van der Waals surface area (Å²) in [5.74, 6) is -0.289. The Morgan fingerprint density at radius 1 is 1.39 bits per heavy atom. The molecule has 1 aromatic carbocycles. The highest BCUT2D eigenvalue weighted by Gasteiger charge is 2.30. The van der Waals surface area contributed by atoms with E-state index in [4.69, 9.17) is 27.9 Å². The Kier molecular flexibility index (Phi) is 4.49. The van der Waals surface area contributed by atoms with E-state index in [1.807, 2.05) is 0 Å². The molecule has 98 valence electrons. The van der Waals surface area contributed by atoms with Crippen LogP contribution in [0.15, 0.2) is 18.2 Å². The van der Waals surface area contributed by atoms with Crippen molar-refractivity contribution >= 4 is 29.2 Å². The molecular formula is C13H15Cl2NO2. The van der Waals surface area contributed by atoms with E-state index in [1.165, 1.54) is 0 Å². The first-order valence-corrected chi connectivity index (χ1v) is 6.74.